The molecule has 1 amide bonds. The molecule has 1 aromatic carbocycles. The number of methoxy groups -OCH3 is 2. The molecular weight excluding hydrogens is 278 g/mol. The van der Waals surface area contributed by atoms with E-state index in [4.69, 9.17) is 9.47 Å². The topological polar surface area (TPSA) is 38.8 Å². The Balaban J connectivity index is 2.04. The van der Waals surface area contributed by atoms with E-state index in [0.29, 0.717) is 6.42 Å². The fourth-order valence-corrected chi connectivity index (χ4v) is 3.93. The number of rotatable bonds is 2. The maximum absolute atomic E-state index is 12.1. The van der Waals surface area contributed by atoms with Crippen molar-refractivity contribution in [1.29, 1.82) is 0 Å². The van der Waals surface area contributed by atoms with Gasteiger partial charge >= 0.3 is 0 Å². The molecular formula is C18H19NO3. The van der Waals surface area contributed by atoms with Gasteiger partial charge in [0, 0.05) is 29.8 Å². The van der Waals surface area contributed by atoms with Crippen LogP contribution in [0.25, 0.3) is 11.1 Å². The van der Waals surface area contributed by atoms with Gasteiger partial charge in [0.05, 0.1) is 14.2 Å². The number of amides is 1. The molecule has 114 valence electrons. The third-order valence-corrected chi connectivity index (χ3v) is 4.89. The highest BCUT2D eigenvalue weighted by atomic mass is 16.5. The van der Waals surface area contributed by atoms with E-state index in [2.05, 4.69) is 19.1 Å². The average molecular weight is 297 g/mol. The molecule has 1 aromatic rings. The van der Waals surface area contributed by atoms with Crippen molar-refractivity contribution in [3.8, 4) is 11.5 Å². The van der Waals surface area contributed by atoms with Gasteiger partial charge in [-0.1, -0.05) is 0 Å². The summed E-state index contributed by atoms with van der Waals surface area (Å²) >= 11 is 0. The SMILES string of the molecule is COc1cc2c3c(c1OC)C(C)=CC3=C1CCC(=O)N1CC2. The van der Waals surface area contributed by atoms with Crippen LogP contribution in [0.5, 0.6) is 11.5 Å². The quantitative estimate of drug-likeness (QED) is 0.842. The van der Waals surface area contributed by atoms with Crippen molar-refractivity contribution < 1.29 is 14.3 Å². The van der Waals surface area contributed by atoms with Crippen LogP contribution in [0.4, 0.5) is 0 Å². The molecule has 1 aliphatic carbocycles. The summed E-state index contributed by atoms with van der Waals surface area (Å²) in [6.45, 7) is 2.85. The van der Waals surface area contributed by atoms with Crippen molar-refractivity contribution in [2.24, 2.45) is 0 Å². The van der Waals surface area contributed by atoms with Gasteiger partial charge in [0.2, 0.25) is 5.91 Å². The summed E-state index contributed by atoms with van der Waals surface area (Å²) in [6, 6.07) is 2.07. The molecule has 0 bridgehead atoms. The molecule has 1 fully saturated rings. The van der Waals surface area contributed by atoms with Crippen LogP contribution >= 0.6 is 0 Å². The Hall–Kier alpha value is -2.23. The van der Waals surface area contributed by atoms with Gasteiger partial charge in [-0.2, -0.15) is 0 Å². The molecule has 3 aliphatic rings. The number of carbonyl (C=O) groups excluding carboxylic acids is 1. The molecule has 4 nitrogen and oxygen atoms in total. The Morgan fingerprint density at radius 3 is 2.64 bits per heavy atom. The number of hydrogen-bond acceptors (Lipinski definition) is 3. The molecule has 0 unspecified atom stereocenters. The van der Waals surface area contributed by atoms with Gasteiger partial charge in [0.25, 0.3) is 0 Å². The molecule has 2 heterocycles. The lowest BCUT2D eigenvalue weighted by Crippen LogP contribution is -2.25. The van der Waals surface area contributed by atoms with Gasteiger partial charge in [0.15, 0.2) is 11.5 Å². The third-order valence-electron chi connectivity index (χ3n) is 4.89. The summed E-state index contributed by atoms with van der Waals surface area (Å²) in [5, 5.41) is 0. The first-order chi connectivity index (χ1) is 10.7. The van der Waals surface area contributed by atoms with E-state index >= 15 is 0 Å². The van der Waals surface area contributed by atoms with Crippen LogP contribution < -0.4 is 9.47 Å². The van der Waals surface area contributed by atoms with E-state index in [9.17, 15) is 4.79 Å². The number of carbonyl (C=O) groups is 1. The van der Waals surface area contributed by atoms with E-state index in [1.54, 1.807) is 14.2 Å². The molecule has 0 aromatic heterocycles. The predicted molar refractivity (Wildman–Crippen MR) is 84.8 cm³/mol. The standard InChI is InChI=1S/C18H19NO3/c1-10-8-12-13-4-5-15(20)19(13)7-6-11-9-14(21-2)18(22-3)16(10)17(11)12/h8-9H,4-7H2,1-3H3. The Morgan fingerprint density at radius 2 is 1.91 bits per heavy atom. The zero-order valence-electron chi connectivity index (χ0n) is 13.2. The molecule has 0 radical (unpaired) electrons. The molecule has 0 atom stereocenters. The van der Waals surface area contributed by atoms with Crippen LogP contribution in [-0.2, 0) is 11.2 Å². The highest BCUT2D eigenvalue weighted by molar-refractivity contribution is 6.02. The van der Waals surface area contributed by atoms with E-state index in [1.807, 2.05) is 4.90 Å². The summed E-state index contributed by atoms with van der Waals surface area (Å²) in [7, 11) is 3.35. The normalized spacial score (nSPS) is 19.0. The van der Waals surface area contributed by atoms with Crippen LogP contribution in [0.3, 0.4) is 0 Å². The third kappa shape index (κ3) is 1.61. The number of fused-ring (bicyclic) bond motifs is 1. The van der Waals surface area contributed by atoms with Crippen molar-refractivity contribution >= 4 is 17.1 Å². The van der Waals surface area contributed by atoms with Crippen molar-refractivity contribution in [1.82, 2.24) is 4.90 Å². The van der Waals surface area contributed by atoms with Crippen LogP contribution in [0.15, 0.2) is 17.8 Å². The minimum atomic E-state index is 0.244. The lowest BCUT2D eigenvalue weighted by atomic mass is 9.94. The lowest BCUT2D eigenvalue weighted by Gasteiger charge is -2.17. The number of ether oxygens (including phenoxy) is 2. The van der Waals surface area contributed by atoms with Crippen molar-refractivity contribution in [3.63, 3.8) is 0 Å². The summed E-state index contributed by atoms with van der Waals surface area (Å²) < 4.78 is 11.1. The largest absolute Gasteiger partial charge is 0.493 e. The minimum absolute atomic E-state index is 0.244. The van der Waals surface area contributed by atoms with Crippen molar-refractivity contribution in [2.45, 2.75) is 26.2 Å². The van der Waals surface area contributed by atoms with Gasteiger partial charge in [-0.05, 0) is 48.6 Å². The second kappa shape index (κ2) is 4.63. The lowest BCUT2D eigenvalue weighted by molar-refractivity contribution is -0.126. The summed E-state index contributed by atoms with van der Waals surface area (Å²) in [5.74, 6) is 1.81. The maximum Gasteiger partial charge on any atom is 0.227 e. The van der Waals surface area contributed by atoms with Crippen LogP contribution in [0.1, 0.15) is 36.5 Å². The van der Waals surface area contributed by atoms with Gasteiger partial charge in [-0.15, -0.1) is 0 Å². The fourth-order valence-electron chi connectivity index (χ4n) is 3.93. The van der Waals surface area contributed by atoms with Gasteiger partial charge in [-0.3, -0.25) is 4.79 Å². The van der Waals surface area contributed by atoms with E-state index in [1.165, 1.54) is 28.0 Å². The molecule has 4 heteroatoms. The molecule has 0 saturated carbocycles. The maximum atomic E-state index is 12.1. The van der Waals surface area contributed by atoms with E-state index < -0.39 is 0 Å². The van der Waals surface area contributed by atoms with Gasteiger partial charge in [-0.25, -0.2) is 0 Å². The second-order valence-electron chi connectivity index (χ2n) is 6.00. The summed E-state index contributed by atoms with van der Waals surface area (Å²) in [5.41, 5.74) is 7.16. The zero-order chi connectivity index (χ0) is 15.4. The smallest absolute Gasteiger partial charge is 0.227 e. The first kappa shape index (κ1) is 13.4. The van der Waals surface area contributed by atoms with Crippen LogP contribution in [0.2, 0.25) is 0 Å². The minimum Gasteiger partial charge on any atom is -0.493 e. The van der Waals surface area contributed by atoms with Crippen LogP contribution in [0, 0.1) is 0 Å². The number of allylic oxidation sites excluding steroid dienone is 4. The number of nitrogens with zero attached hydrogens (tertiary/aromatic N) is 1. The van der Waals surface area contributed by atoms with Gasteiger partial charge < -0.3 is 14.4 Å². The summed E-state index contributed by atoms with van der Waals surface area (Å²) in [4.78, 5) is 14.1. The Bertz CT molecular complexity index is 758. The van der Waals surface area contributed by atoms with E-state index in [0.717, 1.165) is 36.4 Å². The summed E-state index contributed by atoms with van der Waals surface area (Å²) in [6.07, 6.45) is 4.51. The Morgan fingerprint density at radius 1 is 1.09 bits per heavy atom. The molecule has 4 rings (SSSR count). The fraction of sp³-hybridized carbons (Fsp3) is 0.389. The number of hydrogen-bond donors (Lipinski definition) is 0. The van der Waals surface area contributed by atoms with Gasteiger partial charge in [0.1, 0.15) is 0 Å². The molecule has 22 heavy (non-hydrogen) atoms. The highest BCUT2D eigenvalue weighted by Crippen LogP contribution is 2.50. The van der Waals surface area contributed by atoms with Crippen LogP contribution in [-0.4, -0.2) is 31.6 Å². The predicted octanol–water partition coefficient (Wildman–Crippen LogP) is 3.01. The highest BCUT2D eigenvalue weighted by Gasteiger charge is 2.36. The molecule has 1 saturated heterocycles. The van der Waals surface area contributed by atoms with E-state index in [-0.39, 0.29) is 5.91 Å². The molecule has 0 spiro atoms. The molecule has 0 N–H and O–H groups in total. The van der Waals surface area contributed by atoms with Crippen molar-refractivity contribution in [2.75, 3.05) is 20.8 Å². The second-order valence-corrected chi connectivity index (χ2v) is 6.00. The average Bonchev–Trinajstić information content (AvgIpc) is 3.00. The Labute approximate surface area is 130 Å². The van der Waals surface area contributed by atoms with Crippen molar-refractivity contribution in [3.05, 3.63) is 34.5 Å². The monoisotopic (exact) mass is 297 g/mol. The first-order valence-corrected chi connectivity index (χ1v) is 7.66. The Kier molecular flexibility index (Phi) is 2.83. The first-order valence-electron chi connectivity index (χ1n) is 7.66. The zero-order valence-corrected chi connectivity index (χ0v) is 13.2. The number of benzene rings is 1. The molecule has 2 aliphatic heterocycles.